The van der Waals surface area contributed by atoms with Crippen LogP contribution in [0.3, 0.4) is 0 Å². The molecular weight excluding hydrogens is 288 g/mol. The summed E-state index contributed by atoms with van der Waals surface area (Å²) in [5.74, 6) is 0.520. The van der Waals surface area contributed by atoms with E-state index in [0.717, 1.165) is 24.3 Å². The largest absolute Gasteiger partial charge is 0.444 e. The Labute approximate surface area is 131 Å². The van der Waals surface area contributed by atoms with Gasteiger partial charge in [-0.25, -0.2) is 4.79 Å². The van der Waals surface area contributed by atoms with Gasteiger partial charge in [0.25, 0.3) is 0 Å². The highest BCUT2D eigenvalue weighted by Gasteiger charge is 2.25. The van der Waals surface area contributed by atoms with Crippen molar-refractivity contribution < 1.29 is 9.53 Å². The molecule has 0 bridgehead atoms. The van der Waals surface area contributed by atoms with Crippen molar-refractivity contribution in [3.05, 3.63) is 29.8 Å². The lowest BCUT2D eigenvalue weighted by Crippen LogP contribution is -2.50. The van der Waals surface area contributed by atoms with Crippen molar-refractivity contribution in [3.63, 3.8) is 0 Å². The third-order valence-corrected chi connectivity index (χ3v) is 3.67. The summed E-state index contributed by atoms with van der Waals surface area (Å²) in [4.78, 5) is 16.1. The van der Waals surface area contributed by atoms with Gasteiger partial charge >= 0.3 is 6.09 Å². The first-order valence-corrected chi connectivity index (χ1v) is 7.80. The van der Waals surface area contributed by atoms with Crippen LogP contribution in [0.4, 0.5) is 10.5 Å². The van der Waals surface area contributed by atoms with E-state index in [1.54, 1.807) is 4.90 Å². The second-order valence-corrected chi connectivity index (χ2v) is 6.53. The van der Waals surface area contributed by atoms with E-state index in [-0.39, 0.29) is 6.09 Å². The molecule has 1 aromatic rings. The van der Waals surface area contributed by atoms with Crippen molar-refractivity contribution in [2.24, 2.45) is 0 Å². The van der Waals surface area contributed by atoms with Crippen molar-refractivity contribution in [1.82, 2.24) is 4.90 Å². The number of nitrogens with zero attached hydrogens (tertiary/aromatic N) is 2. The molecule has 1 saturated heterocycles. The Morgan fingerprint density at radius 1 is 1.24 bits per heavy atom. The van der Waals surface area contributed by atoms with Crippen molar-refractivity contribution in [2.75, 3.05) is 31.1 Å². The van der Waals surface area contributed by atoms with Crippen LogP contribution in [0.5, 0.6) is 0 Å². The molecule has 0 radical (unpaired) electrons. The van der Waals surface area contributed by atoms with Gasteiger partial charge in [-0.1, -0.05) is 12.1 Å². The van der Waals surface area contributed by atoms with Crippen LogP contribution < -0.4 is 4.90 Å². The van der Waals surface area contributed by atoms with Crippen LogP contribution in [0.25, 0.3) is 0 Å². The number of halogens is 1. The summed E-state index contributed by atoms with van der Waals surface area (Å²) in [6.07, 6.45) is -0.225. The molecule has 1 aliphatic heterocycles. The van der Waals surface area contributed by atoms with Gasteiger partial charge in [0.15, 0.2) is 0 Å². The molecule has 0 atom stereocenters. The number of amides is 1. The standard InChI is InChI=1S/C16H23ClN2O2/c1-16(2,3)21-15(20)19-9-7-18(8-10-19)14-6-4-5-13(11-14)12-17/h4-6,11H,7-10,12H2,1-3H3. The average molecular weight is 311 g/mol. The van der Waals surface area contributed by atoms with E-state index < -0.39 is 5.60 Å². The first-order chi connectivity index (χ1) is 9.89. The molecule has 0 unspecified atom stereocenters. The van der Waals surface area contributed by atoms with E-state index in [2.05, 4.69) is 17.0 Å². The number of anilines is 1. The summed E-state index contributed by atoms with van der Waals surface area (Å²) in [5.41, 5.74) is 1.84. The normalized spacial score (nSPS) is 16.0. The van der Waals surface area contributed by atoms with Crippen LogP contribution in [0.2, 0.25) is 0 Å². The van der Waals surface area contributed by atoms with Crippen molar-refractivity contribution in [2.45, 2.75) is 32.3 Å². The predicted molar refractivity (Wildman–Crippen MR) is 86.0 cm³/mol. The highest BCUT2D eigenvalue weighted by Crippen LogP contribution is 2.20. The summed E-state index contributed by atoms with van der Waals surface area (Å²) >= 11 is 5.88. The zero-order valence-electron chi connectivity index (χ0n) is 12.9. The summed E-state index contributed by atoms with van der Waals surface area (Å²) < 4.78 is 5.41. The van der Waals surface area contributed by atoms with E-state index in [1.165, 1.54) is 0 Å². The Kier molecular flexibility index (Phi) is 4.99. The van der Waals surface area contributed by atoms with Crippen molar-refractivity contribution in [3.8, 4) is 0 Å². The molecule has 2 rings (SSSR count). The fraction of sp³-hybridized carbons (Fsp3) is 0.562. The molecule has 0 saturated carbocycles. The third-order valence-electron chi connectivity index (χ3n) is 3.36. The topological polar surface area (TPSA) is 32.8 Å². The number of ether oxygens (including phenoxy) is 1. The molecule has 1 aliphatic rings. The monoisotopic (exact) mass is 310 g/mol. The first-order valence-electron chi connectivity index (χ1n) is 7.27. The number of rotatable bonds is 2. The lowest BCUT2D eigenvalue weighted by atomic mass is 10.2. The van der Waals surface area contributed by atoms with Crippen molar-refractivity contribution >= 4 is 23.4 Å². The number of hydrogen-bond donors (Lipinski definition) is 0. The van der Waals surface area contributed by atoms with Gasteiger partial charge in [-0.15, -0.1) is 11.6 Å². The maximum atomic E-state index is 12.0. The summed E-state index contributed by atoms with van der Waals surface area (Å²) in [6.45, 7) is 8.65. The van der Waals surface area contributed by atoms with Crippen molar-refractivity contribution in [1.29, 1.82) is 0 Å². The smallest absolute Gasteiger partial charge is 0.410 e. The Hall–Kier alpha value is -1.42. The van der Waals surface area contributed by atoms with E-state index in [9.17, 15) is 4.79 Å². The first kappa shape index (κ1) is 16.0. The quantitative estimate of drug-likeness (QED) is 0.784. The van der Waals surface area contributed by atoms with Gasteiger partial charge in [-0.05, 0) is 38.5 Å². The van der Waals surface area contributed by atoms with Gasteiger partial charge in [0.2, 0.25) is 0 Å². The average Bonchev–Trinajstić information content (AvgIpc) is 2.46. The molecule has 0 N–H and O–H groups in total. The maximum Gasteiger partial charge on any atom is 0.410 e. The van der Waals surface area contributed by atoms with Gasteiger partial charge in [0.05, 0.1) is 0 Å². The third kappa shape index (κ3) is 4.53. The SMILES string of the molecule is CC(C)(C)OC(=O)N1CCN(c2cccc(CCl)c2)CC1. The lowest BCUT2D eigenvalue weighted by Gasteiger charge is -2.36. The maximum absolute atomic E-state index is 12.0. The second kappa shape index (κ2) is 6.56. The number of benzene rings is 1. The molecule has 21 heavy (non-hydrogen) atoms. The predicted octanol–water partition coefficient (Wildman–Crippen LogP) is 3.48. The zero-order chi connectivity index (χ0) is 15.5. The van der Waals surface area contributed by atoms with Gasteiger partial charge in [0.1, 0.15) is 5.60 Å². The number of carbonyl (C=O) groups is 1. The number of alkyl halides is 1. The summed E-state index contributed by atoms with van der Waals surface area (Å²) in [5, 5.41) is 0. The molecule has 0 aromatic heterocycles. The molecule has 4 nitrogen and oxygen atoms in total. The number of carbonyl (C=O) groups excluding carboxylic acids is 1. The van der Waals surface area contributed by atoms with E-state index in [1.807, 2.05) is 32.9 Å². The van der Waals surface area contributed by atoms with Gasteiger partial charge < -0.3 is 14.5 Å². The lowest BCUT2D eigenvalue weighted by molar-refractivity contribution is 0.0240. The number of piperazine rings is 1. The zero-order valence-corrected chi connectivity index (χ0v) is 13.7. The minimum absolute atomic E-state index is 0.225. The van der Waals surface area contributed by atoms with E-state index >= 15 is 0 Å². The molecule has 1 fully saturated rings. The summed E-state index contributed by atoms with van der Waals surface area (Å²) in [6, 6.07) is 8.23. The molecule has 1 amide bonds. The Balaban J connectivity index is 1.92. The van der Waals surface area contributed by atoms with Gasteiger partial charge in [-0.3, -0.25) is 0 Å². The minimum atomic E-state index is -0.442. The molecular formula is C16H23ClN2O2. The minimum Gasteiger partial charge on any atom is -0.444 e. The van der Waals surface area contributed by atoms with Crippen LogP contribution in [0, 0.1) is 0 Å². The Morgan fingerprint density at radius 2 is 1.90 bits per heavy atom. The van der Waals surface area contributed by atoms with Crippen LogP contribution in [0.15, 0.2) is 24.3 Å². The van der Waals surface area contributed by atoms with E-state index in [0.29, 0.717) is 19.0 Å². The second-order valence-electron chi connectivity index (χ2n) is 6.26. The molecule has 1 heterocycles. The summed E-state index contributed by atoms with van der Waals surface area (Å²) in [7, 11) is 0. The van der Waals surface area contributed by atoms with E-state index in [4.69, 9.17) is 16.3 Å². The van der Waals surface area contributed by atoms with Crippen LogP contribution in [-0.4, -0.2) is 42.8 Å². The van der Waals surface area contributed by atoms with Crippen LogP contribution >= 0.6 is 11.6 Å². The highest BCUT2D eigenvalue weighted by molar-refractivity contribution is 6.17. The van der Waals surface area contributed by atoms with Gasteiger partial charge in [-0.2, -0.15) is 0 Å². The fourth-order valence-corrected chi connectivity index (χ4v) is 2.48. The number of hydrogen-bond acceptors (Lipinski definition) is 3. The van der Waals surface area contributed by atoms with Crippen LogP contribution in [-0.2, 0) is 10.6 Å². The molecule has 5 heteroatoms. The Morgan fingerprint density at radius 3 is 2.48 bits per heavy atom. The highest BCUT2D eigenvalue weighted by atomic mass is 35.5. The molecule has 1 aromatic carbocycles. The van der Waals surface area contributed by atoms with Gasteiger partial charge in [0, 0.05) is 37.7 Å². The Bertz CT molecular complexity index is 491. The molecule has 0 spiro atoms. The van der Waals surface area contributed by atoms with Crippen LogP contribution in [0.1, 0.15) is 26.3 Å². The molecule has 0 aliphatic carbocycles. The molecule has 116 valence electrons. The fourth-order valence-electron chi connectivity index (χ4n) is 2.31.